The van der Waals surface area contributed by atoms with E-state index < -0.39 is 16.3 Å². The predicted octanol–water partition coefficient (Wildman–Crippen LogP) is 4.52. The summed E-state index contributed by atoms with van der Waals surface area (Å²) in [5.74, 6) is -1.46. The third-order valence-electron chi connectivity index (χ3n) is 7.13. The van der Waals surface area contributed by atoms with Gasteiger partial charge in [-0.1, -0.05) is 24.3 Å². The lowest BCUT2D eigenvalue weighted by molar-refractivity contribution is -0.385. The number of carbonyl (C=O) groups is 2. The van der Waals surface area contributed by atoms with Crippen molar-refractivity contribution < 1.29 is 23.3 Å². The van der Waals surface area contributed by atoms with Crippen LogP contribution in [0.25, 0.3) is 0 Å². The lowest BCUT2D eigenvalue weighted by Crippen LogP contribution is -2.58. The van der Waals surface area contributed by atoms with Gasteiger partial charge in [0.2, 0.25) is 5.91 Å². The van der Waals surface area contributed by atoms with Gasteiger partial charge < -0.3 is 9.80 Å². The van der Waals surface area contributed by atoms with Gasteiger partial charge in [0.1, 0.15) is 11.6 Å². The molecule has 0 aromatic heterocycles. The molecule has 9 heteroatoms. The minimum atomic E-state index is -0.778. The molecule has 1 heterocycles. The van der Waals surface area contributed by atoms with Gasteiger partial charge in [-0.25, -0.2) is 8.78 Å². The summed E-state index contributed by atoms with van der Waals surface area (Å²) in [6.45, 7) is 1.08. The van der Waals surface area contributed by atoms with Crippen LogP contribution in [-0.2, 0) is 17.6 Å². The van der Waals surface area contributed by atoms with Crippen LogP contribution >= 0.6 is 0 Å². The van der Waals surface area contributed by atoms with Crippen molar-refractivity contribution >= 4 is 17.5 Å². The Labute approximate surface area is 212 Å². The molecule has 2 fully saturated rings. The molecular weight excluding hydrogens is 480 g/mol. The van der Waals surface area contributed by atoms with E-state index in [1.165, 1.54) is 24.3 Å². The van der Waals surface area contributed by atoms with Crippen LogP contribution in [0.5, 0.6) is 0 Å². The number of hydrogen-bond donors (Lipinski definition) is 0. The maximum absolute atomic E-state index is 14.3. The maximum atomic E-state index is 14.3. The number of piperazine rings is 1. The Morgan fingerprint density at radius 1 is 0.946 bits per heavy atom. The summed E-state index contributed by atoms with van der Waals surface area (Å²) in [7, 11) is 0. The average Bonchev–Trinajstić information content (AvgIpc) is 3.63. The molecule has 0 N–H and O–H groups in total. The summed E-state index contributed by atoms with van der Waals surface area (Å²) in [6, 6.07) is 17.0. The van der Waals surface area contributed by atoms with E-state index in [-0.39, 0.29) is 35.3 Å². The van der Waals surface area contributed by atoms with Crippen LogP contribution in [0.4, 0.5) is 14.5 Å². The van der Waals surface area contributed by atoms with Crippen molar-refractivity contribution in [3.05, 3.63) is 111 Å². The Balaban J connectivity index is 1.25. The summed E-state index contributed by atoms with van der Waals surface area (Å²) in [4.78, 5) is 40.1. The number of non-ortho nitro benzene ring substituents is 1. The van der Waals surface area contributed by atoms with Crippen molar-refractivity contribution in [2.45, 2.75) is 31.2 Å². The smallest absolute Gasteiger partial charge is 0.272 e. The van der Waals surface area contributed by atoms with Crippen LogP contribution in [0.2, 0.25) is 0 Å². The van der Waals surface area contributed by atoms with Crippen molar-refractivity contribution in [1.29, 1.82) is 0 Å². The molecule has 0 unspecified atom stereocenters. The highest BCUT2D eigenvalue weighted by Crippen LogP contribution is 2.44. The third-order valence-corrected chi connectivity index (χ3v) is 7.13. The molecule has 1 spiro atoms. The fraction of sp³-hybridized carbons (Fsp3) is 0.286. The topological polar surface area (TPSA) is 83.8 Å². The van der Waals surface area contributed by atoms with Crippen LogP contribution in [0, 0.1) is 21.7 Å². The van der Waals surface area contributed by atoms with Crippen molar-refractivity contribution in [3.8, 4) is 0 Å². The fourth-order valence-corrected chi connectivity index (χ4v) is 5.04. The first kappa shape index (κ1) is 24.5. The minimum Gasteiger partial charge on any atom is -0.335 e. The summed E-state index contributed by atoms with van der Waals surface area (Å²) in [5, 5.41) is 10.8. The molecule has 5 rings (SSSR count). The molecule has 7 nitrogen and oxygen atoms in total. The van der Waals surface area contributed by atoms with E-state index in [4.69, 9.17) is 0 Å². The Morgan fingerprint density at radius 2 is 1.68 bits per heavy atom. The Hall–Kier alpha value is -4.14. The fourth-order valence-electron chi connectivity index (χ4n) is 5.04. The van der Waals surface area contributed by atoms with Crippen LogP contribution in [0.1, 0.15) is 39.9 Å². The van der Waals surface area contributed by atoms with Gasteiger partial charge in [0.25, 0.3) is 11.6 Å². The highest BCUT2D eigenvalue weighted by molar-refractivity contribution is 5.95. The Kier molecular flexibility index (Phi) is 6.45. The number of hydrogen-bond acceptors (Lipinski definition) is 4. The zero-order chi connectivity index (χ0) is 26.2. The second-order valence-electron chi connectivity index (χ2n) is 9.71. The van der Waals surface area contributed by atoms with Crippen LogP contribution in [-0.4, -0.2) is 51.7 Å². The van der Waals surface area contributed by atoms with E-state index in [9.17, 15) is 28.5 Å². The molecule has 0 radical (unpaired) electrons. The standard InChI is InChI=1S/C28H25F2N3O4/c29-23-6-2-4-20(15-23)13-19-3-1-5-22(14-19)27(35)31-11-12-32(28(18-31)9-10-28)26(34)16-21-7-8-24(33(36)37)17-25(21)30/h1-8,14-15,17H,9-13,16,18H2. The molecule has 3 aromatic rings. The summed E-state index contributed by atoms with van der Waals surface area (Å²) in [6.07, 6.45) is 1.82. The normalized spacial score (nSPS) is 16.1. The lowest BCUT2D eigenvalue weighted by atomic mass is 10.0. The third kappa shape index (κ3) is 5.21. The zero-order valence-corrected chi connectivity index (χ0v) is 20.0. The van der Waals surface area contributed by atoms with Gasteiger partial charge in [0.05, 0.1) is 22.9 Å². The highest BCUT2D eigenvalue weighted by atomic mass is 19.1. The van der Waals surface area contributed by atoms with E-state index in [1.807, 2.05) is 24.3 Å². The molecule has 1 saturated carbocycles. The largest absolute Gasteiger partial charge is 0.335 e. The molecule has 0 bridgehead atoms. The summed E-state index contributed by atoms with van der Waals surface area (Å²) >= 11 is 0. The molecule has 37 heavy (non-hydrogen) atoms. The molecule has 1 saturated heterocycles. The van der Waals surface area contributed by atoms with Gasteiger partial charge in [0, 0.05) is 31.3 Å². The average molecular weight is 506 g/mol. The quantitative estimate of drug-likeness (QED) is 0.364. The Morgan fingerprint density at radius 3 is 2.35 bits per heavy atom. The van der Waals surface area contributed by atoms with E-state index in [0.29, 0.717) is 31.6 Å². The minimum absolute atomic E-state index is 0.111. The van der Waals surface area contributed by atoms with E-state index in [1.54, 1.807) is 21.9 Å². The van der Waals surface area contributed by atoms with Crippen molar-refractivity contribution in [2.24, 2.45) is 0 Å². The number of halogens is 2. The van der Waals surface area contributed by atoms with Crippen LogP contribution in [0.3, 0.4) is 0 Å². The van der Waals surface area contributed by atoms with Crippen LogP contribution < -0.4 is 0 Å². The highest BCUT2D eigenvalue weighted by Gasteiger charge is 2.53. The number of carbonyl (C=O) groups excluding carboxylic acids is 2. The molecule has 2 amide bonds. The number of nitro groups is 1. The summed E-state index contributed by atoms with van der Waals surface area (Å²) < 4.78 is 27.9. The van der Waals surface area contributed by atoms with Gasteiger partial charge in [-0.2, -0.15) is 0 Å². The first-order valence-corrected chi connectivity index (χ1v) is 12.1. The van der Waals surface area contributed by atoms with Gasteiger partial charge in [0.15, 0.2) is 0 Å². The van der Waals surface area contributed by atoms with Gasteiger partial charge in [-0.3, -0.25) is 19.7 Å². The second-order valence-corrected chi connectivity index (χ2v) is 9.71. The van der Waals surface area contributed by atoms with E-state index in [0.717, 1.165) is 30.0 Å². The first-order chi connectivity index (χ1) is 17.7. The van der Waals surface area contributed by atoms with Gasteiger partial charge in [-0.15, -0.1) is 0 Å². The molecule has 1 aliphatic heterocycles. The number of nitro benzene ring substituents is 1. The lowest BCUT2D eigenvalue weighted by Gasteiger charge is -2.42. The van der Waals surface area contributed by atoms with E-state index in [2.05, 4.69) is 0 Å². The molecule has 190 valence electrons. The first-order valence-electron chi connectivity index (χ1n) is 12.1. The number of amides is 2. The van der Waals surface area contributed by atoms with Crippen molar-refractivity contribution in [2.75, 3.05) is 19.6 Å². The number of rotatable bonds is 6. The molecule has 3 aromatic carbocycles. The predicted molar refractivity (Wildman–Crippen MR) is 132 cm³/mol. The monoisotopic (exact) mass is 505 g/mol. The molecular formula is C28H25F2N3O4. The Bertz CT molecular complexity index is 1390. The van der Waals surface area contributed by atoms with Gasteiger partial charge in [-0.05, 0) is 66.3 Å². The van der Waals surface area contributed by atoms with Crippen LogP contribution in [0.15, 0.2) is 66.7 Å². The SMILES string of the molecule is O=C(c1cccc(Cc2cccc(F)c2)c1)N1CCN(C(=O)Cc2ccc([N+](=O)[O-])cc2F)C2(CC2)C1. The molecule has 0 atom stereocenters. The van der Waals surface area contributed by atoms with E-state index >= 15 is 0 Å². The maximum Gasteiger partial charge on any atom is 0.272 e. The summed E-state index contributed by atoms with van der Waals surface area (Å²) in [5.41, 5.74) is 1.55. The second kappa shape index (κ2) is 9.72. The molecule has 2 aliphatic rings. The van der Waals surface area contributed by atoms with Gasteiger partial charge >= 0.3 is 0 Å². The zero-order valence-electron chi connectivity index (χ0n) is 20.0. The molecule has 1 aliphatic carbocycles. The van der Waals surface area contributed by atoms with Crippen molar-refractivity contribution in [3.63, 3.8) is 0 Å². The van der Waals surface area contributed by atoms with Crippen molar-refractivity contribution in [1.82, 2.24) is 9.80 Å². The number of benzene rings is 3. The number of nitrogens with zero attached hydrogens (tertiary/aromatic N) is 3.